The quantitative estimate of drug-likeness (QED) is 0.369. The van der Waals surface area contributed by atoms with Gasteiger partial charge < -0.3 is 9.47 Å². The minimum Gasteiger partial charge on any atom is -0.490 e. The van der Waals surface area contributed by atoms with E-state index < -0.39 is 0 Å². The smallest absolute Gasteiger partial charge is 0.254 e. The molecule has 152 valence electrons. The number of hydrazone groups is 1. The molecule has 1 aliphatic heterocycles. The largest absolute Gasteiger partial charge is 0.490 e. The standard InChI is InChI=1S/C22H23BrN2O4/c1-3-28-16-10-12(9-15(23)19(16)29-4-2)11-24-25-20(26)17-13-5-6-14(18(17)21(25)27)22(13)7-8-22/h5-6,9-11,13-14,17-18H,3-4,7-8H2,1-2H3/b24-11-/t13-,14-,17-,18+/m1/s1. The van der Waals surface area contributed by atoms with Gasteiger partial charge in [0.25, 0.3) is 11.8 Å². The molecule has 2 bridgehead atoms. The fourth-order valence-corrected chi connectivity index (χ4v) is 6.08. The molecule has 4 aliphatic rings. The van der Waals surface area contributed by atoms with Crippen molar-refractivity contribution in [2.75, 3.05) is 13.2 Å². The summed E-state index contributed by atoms with van der Waals surface area (Å²) in [5.41, 5.74) is 0.921. The molecule has 0 N–H and O–H groups in total. The van der Waals surface area contributed by atoms with E-state index in [0.29, 0.717) is 24.7 Å². The average molecular weight is 459 g/mol. The zero-order valence-corrected chi connectivity index (χ0v) is 18.0. The molecule has 2 amide bonds. The molecule has 1 aromatic rings. The van der Waals surface area contributed by atoms with Gasteiger partial charge in [-0.05, 0) is 77.6 Å². The Bertz CT molecular complexity index is 918. The van der Waals surface area contributed by atoms with Crippen LogP contribution in [0.25, 0.3) is 0 Å². The first-order valence-electron chi connectivity index (χ1n) is 10.2. The number of amides is 2. The molecular formula is C22H23BrN2O4. The highest BCUT2D eigenvalue weighted by atomic mass is 79.9. The molecule has 0 unspecified atom stereocenters. The number of carbonyl (C=O) groups is 2. The minimum absolute atomic E-state index is 0.158. The maximum absolute atomic E-state index is 13.0. The van der Waals surface area contributed by atoms with Crippen LogP contribution in [-0.2, 0) is 9.59 Å². The highest BCUT2D eigenvalue weighted by molar-refractivity contribution is 9.10. The molecule has 7 heteroatoms. The third-order valence-corrected chi connectivity index (χ3v) is 7.36. The fraction of sp³-hybridized carbons (Fsp3) is 0.500. The number of imide groups is 1. The van der Waals surface area contributed by atoms with Crippen LogP contribution in [0.1, 0.15) is 32.3 Å². The second-order valence-corrected chi connectivity index (χ2v) is 9.00. The van der Waals surface area contributed by atoms with Gasteiger partial charge in [-0.1, -0.05) is 12.2 Å². The Kier molecular flexibility index (Phi) is 4.35. The zero-order valence-electron chi connectivity index (χ0n) is 16.4. The summed E-state index contributed by atoms with van der Waals surface area (Å²) in [5, 5.41) is 5.37. The molecule has 4 atom stereocenters. The second-order valence-electron chi connectivity index (χ2n) is 8.15. The van der Waals surface area contributed by atoms with Crippen LogP contribution < -0.4 is 9.47 Å². The van der Waals surface area contributed by atoms with Crippen molar-refractivity contribution in [2.24, 2.45) is 34.2 Å². The Morgan fingerprint density at radius 1 is 1.10 bits per heavy atom. The van der Waals surface area contributed by atoms with Gasteiger partial charge in [0.1, 0.15) is 0 Å². The molecule has 6 nitrogen and oxygen atoms in total. The number of allylic oxidation sites excluding steroid dienone is 2. The van der Waals surface area contributed by atoms with Crippen LogP contribution in [0.4, 0.5) is 0 Å². The van der Waals surface area contributed by atoms with Gasteiger partial charge in [0.15, 0.2) is 11.5 Å². The first-order valence-corrected chi connectivity index (χ1v) is 11.0. The van der Waals surface area contributed by atoms with Gasteiger partial charge in [0.2, 0.25) is 0 Å². The highest BCUT2D eigenvalue weighted by Gasteiger charge is 2.73. The molecule has 0 aromatic heterocycles. The zero-order chi connectivity index (χ0) is 20.3. The van der Waals surface area contributed by atoms with Gasteiger partial charge in [-0.25, -0.2) is 0 Å². The minimum atomic E-state index is -0.233. The van der Waals surface area contributed by atoms with E-state index in [4.69, 9.17) is 9.47 Å². The summed E-state index contributed by atoms with van der Waals surface area (Å²) < 4.78 is 12.1. The molecule has 3 aliphatic carbocycles. The lowest BCUT2D eigenvalue weighted by Crippen LogP contribution is -2.30. The highest BCUT2D eigenvalue weighted by Crippen LogP contribution is 2.73. The van der Waals surface area contributed by atoms with E-state index in [1.807, 2.05) is 19.9 Å². The van der Waals surface area contributed by atoms with Gasteiger partial charge in [0.05, 0.1) is 35.7 Å². The van der Waals surface area contributed by atoms with Gasteiger partial charge in [-0.2, -0.15) is 10.1 Å². The van der Waals surface area contributed by atoms with E-state index in [9.17, 15) is 9.59 Å². The predicted octanol–water partition coefficient (Wildman–Crippen LogP) is 3.78. The lowest BCUT2D eigenvalue weighted by atomic mass is 9.85. The van der Waals surface area contributed by atoms with Crippen LogP contribution >= 0.6 is 15.9 Å². The first kappa shape index (κ1) is 18.9. The van der Waals surface area contributed by atoms with Crippen LogP contribution in [0.5, 0.6) is 11.5 Å². The summed E-state index contributed by atoms with van der Waals surface area (Å²) in [5.74, 6) is 0.859. The molecule has 1 spiro atoms. The average Bonchev–Trinajstić information content (AvgIpc) is 3.29. The van der Waals surface area contributed by atoms with Crippen molar-refractivity contribution in [3.8, 4) is 11.5 Å². The van der Waals surface area contributed by atoms with Gasteiger partial charge in [-0.3, -0.25) is 9.59 Å². The van der Waals surface area contributed by atoms with Crippen LogP contribution in [0, 0.1) is 29.1 Å². The third-order valence-electron chi connectivity index (χ3n) is 6.77. The van der Waals surface area contributed by atoms with Gasteiger partial charge in [-0.15, -0.1) is 0 Å². The number of rotatable bonds is 6. The summed E-state index contributed by atoms with van der Waals surface area (Å²) in [6.45, 7) is 4.83. The summed E-state index contributed by atoms with van der Waals surface area (Å²) in [6.07, 6.45) is 8.13. The van der Waals surface area contributed by atoms with Crippen LogP contribution in [0.3, 0.4) is 0 Å². The summed E-state index contributed by atoms with van der Waals surface area (Å²) in [7, 11) is 0. The molecule has 0 radical (unpaired) electrons. The van der Waals surface area contributed by atoms with Crippen LogP contribution in [-0.4, -0.2) is 36.3 Å². The van der Waals surface area contributed by atoms with Crippen molar-refractivity contribution in [3.05, 3.63) is 34.3 Å². The van der Waals surface area contributed by atoms with Crippen molar-refractivity contribution < 1.29 is 19.1 Å². The van der Waals surface area contributed by atoms with E-state index in [-0.39, 0.29) is 40.9 Å². The molecule has 29 heavy (non-hydrogen) atoms. The van der Waals surface area contributed by atoms with Crippen molar-refractivity contribution in [3.63, 3.8) is 0 Å². The number of hydrogen-bond donors (Lipinski definition) is 0. The summed E-state index contributed by atoms with van der Waals surface area (Å²) in [6, 6.07) is 3.65. The Balaban J connectivity index is 1.40. The number of hydrogen-bond acceptors (Lipinski definition) is 5. The van der Waals surface area contributed by atoms with Crippen LogP contribution in [0.15, 0.2) is 33.9 Å². The normalized spacial score (nSPS) is 30.7. The van der Waals surface area contributed by atoms with E-state index in [1.54, 1.807) is 12.3 Å². The number of benzene rings is 1. The Morgan fingerprint density at radius 3 is 2.28 bits per heavy atom. The molecule has 1 aromatic carbocycles. The van der Waals surface area contributed by atoms with E-state index >= 15 is 0 Å². The SMILES string of the molecule is CCOc1cc(/C=N\N2C(=O)[C@@H]3[C@H](C2=O)[C@H]2C=C[C@H]3C23CC3)cc(Br)c1OCC. The monoisotopic (exact) mass is 458 g/mol. The van der Waals surface area contributed by atoms with Gasteiger partial charge >= 0.3 is 0 Å². The van der Waals surface area contributed by atoms with Gasteiger partial charge in [0, 0.05) is 0 Å². The Hall–Kier alpha value is -2.15. The molecule has 2 saturated carbocycles. The van der Waals surface area contributed by atoms with Crippen molar-refractivity contribution in [1.82, 2.24) is 5.01 Å². The lowest BCUT2D eigenvalue weighted by molar-refractivity contribution is -0.141. The fourth-order valence-electron chi connectivity index (χ4n) is 5.51. The Morgan fingerprint density at radius 2 is 1.72 bits per heavy atom. The molecule has 5 rings (SSSR count). The maximum Gasteiger partial charge on any atom is 0.254 e. The van der Waals surface area contributed by atoms with E-state index in [2.05, 4.69) is 33.2 Å². The third kappa shape index (κ3) is 2.62. The number of fused-ring (bicyclic) bond motifs is 3. The number of nitrogens with zero attached hydrogens (tertiary/aromatic N) is 2. The first-order chi connectivity index (χ1) is 14.0. The number of ether oxygens (including phenoxy) is 2. The van der Waals surface area contributed by atoms with E-state index in [0.717, 1.165) is 27.9 Å². The van der Waals surface area contributed by atoms with Crippen molar-refractivity contribution in [1.29, 1.82) is 0 Å². The lowest BCUT2D eigenvalue weighted by Gasteiger charge is -2.18. The molecule has 1 saturated heterocycles. The predicted molar refractivity (Wildman–Crippen MR) is 111 cm³/mol. The molecule has 1 heterocycles. The topological polar surface area (TPSA) is 68.2 Å². The van der Waals surface area contributed by atoms with E-state index in [1.165, 1.54) is 0 Å². The second kappa shape index (κ2) is 6.69. The molecule has 3 fully saturated rings. The maximum atomic E-state index is 13.0. The molecular weight excluding hydrogens is 436 g/mol. The Labute approximate surface area is 178 Å². The van der Waals surface area contributed by atoms with Crippen LogP contribution in [0.2, 0.25) is 0 Å². The number of halogens is 1. The van der Waals surface area contributed by atoms with Crippen molar-refractivity contribution >= 4 is 34.0 Å². The summed E-state index contributed by atoms with van der Waals surface area (Å²) >= 11 is 3.51. The van der Waals surface area contributed by atoms with Crippen molar-refractivity contribution in [2.45, 2.75) is 26.7 Å². The summed E-state index contributed by atoms with van der Waals surface area (Å²) in [4.78, 5) is 26.0. The number of carbonyl (C=O) groups excluding carboxylic acids is 2.